The highest BCUT2D eigenvalue weighted by Gasteiger charge is 2.17. The van der Waals surface area contributed by atoms with Crippen LogP contribution in [0.15, 0.2) is 0 Å². The van der Waals surface area contributed by atoms with Gasteiger partial charge in [-0.2, -0.15) is 0 Å². The molecule has 0 aliphatic carbocycles. The zero-order chi connectivity index (χ0) is 7.98. The maximum absolute atomic E-state index is 4.86. The van der Waals surface area contributed by atoms with Crippen LogP contribution < -0.4 is 17.7 Å². The Bertz CT molecular complexity index is 82.1. The molecule has 6 heteroatoms. The molecule has 0 fully saturated rings. The topological polar surface area (TPSA) is 106 Å². The van der Waals surface area contributed by atoms with Gasteiger partial charge in [-0.25, -0.2) is 17.7 Å². The van der Waals surface area contributed by atoms with Gasteiger partial charge in [0.2, 0.25) is 0 Å². The first kappa shape index (κ1) is 9.76. The molecule has 0 radical (unpaired) electrons. The molecule has 62 valence electrons. The largest absolute Gasteiger partial charge is 0.302 e. The summed E-state index contributed by atoms with van der Waals surface area (Å²) >= 11 is 0. The van der Waals surface area contributed by atoms with E-state index >= 15 is 0 Å². The summed E-state index contributed by atoms with van der Waals surface area (Å²) in [6.07, 6.45) is -0.774. The summed E-state index contributed by atoms with van der Waals surface area (Å²) in [4.78, 5) is 13.1. The van der Waals surface area contributed by atoms with Gasteiger partial charge in [-0.15, -0.1) is 0 Å². The lowest BCUT2D eigenvalue weighted by Gasteiger charge is -2.17. The van der Waals surface area contributed by atoms with Gasteiger partial charge in [0, 0.05) is 0 Å². The average Bonchev–Trinajstić information content (AvgIpc) is 1.99. The first-order chi connectivity index (χ1) is 4.76. The molecular formula is C4H13N3O3. The molecule has 0 aliphatic heterocycles. The minimum atomic E-state index is -0.435. The number of hydrogen-bond acceptors (Lipinski definition) is 6. The monoisotopic (exact) mass is 151 g/mol. The van der Waals surface area contributed by atoms with Crippen LogP contribution in [0.1, 0.15) is 6.92 Å². The van der Waals surface area contributed by atoms with Crippen LogP contribution in [-0.2, 0) is 14.5 Å². The Morgan fingerprint density at radius 2 is 1.80 bits per heavy atom. The van der Waals surface area contributed by atoms with E-state index in [1.807, 2.05) is 0 Å². The third-order valence-corrected chi connectivity index (χ3v) is 1.17. The molecule has 0 saturated heterocycles. The van der Waals surface area contributed by atoms with Crippen LogP contribution in [0.25, 0.3) is 0 Å². The van der Waals surface area contributed by atoms with E-state index in [4.69, 9.17) is 17.7 Å². The number of nitrogens with two attached hydrogens (primary N) is 3. The first-order valence-corrected chi connectivity index (χ1v) is 2.79. The smallest absolute Gasteiger partial charge is 0.132 e. The van der Waals surface area contributed by atoms with Crippen molar-refractivity contribution in [3.63, 3.8) is 0 Å². The molecule has 0 rings (SSSR count). The molecule has 0 amide bonds. The van der Waals surface area contributed by atoms with Crippen molar-refractivity contribution in [2.24, 2.45) is 17.7 Å². The second-order valence-electron chi connectivity index (χ2n) is 1.85. The SMILES string of the molecule is CC(ON)C(CON)ON. The van der Waals surface area contributed by atoms with E-state index < -0.39 is 6.10 Å². The highest BCUT2D eigenvalue weighted by Crippen LogP contribution is 1.98. The Hall–Kier alpha value is -0.240. The second-order valence-corrected chi connectivity index (χ2v) is 1.85. The summed E-state index contributed by atoms with van der Waals surface area (Å²) in [6, 6.07) is 0. The Morgan fingerprint density at radius 3 is 2.10 bits per heavy atom. The van der Waals surface area contributed by atoms with Crippen LogP contribution in [0.2, 0.25) is 0 Å². The first-order valence-electron chi connectivity index (χ1n) is 2.79. The molecule has 0 aromatic rings. The highest BCUT2D eigenvalue weighted by atomic mass is 16.7. The van der Waals surface area contributed by atoms with Crippen molar-refractivity contribution < 1.29 is 14.5 Å². The van der Waals surface area contributed by atoms with Crippen molar-refractivity contribution in [3.8, 4) is 0 Å². The molecule has 0 aliphatic rings. The Kier molecular flexibility index (Phi) is 5.40. The van der Waals surface area contributed by atoms with Gasteiger partial charge in [-0.05, 0) is 6.92 Å². The van der Waals surface area contributed by atoms with Gasteiger partial charge in [0.05, 0.1) is 6.61 Å². The molecule has 0 aromatic heterocycles. The van der Waals surface area contributed by atoms with E-state index in [0.717, 1.165) is 0 Å². The molecule has 10 heavy (non-hydrogen) atoms. The summed E-state index contributed by atoms with van der Waals surface area (Å²) in [5.41, 5.74) is 0. The van der Waals surface area contributed by atoms with Gasteiger partial charge >= 0.3 is 0 Å². The van der Waals surface area contributed by atoms with Gasteiger partial charge in [0.1, 0.15) is 12.2 Å². The predicted octanol–water partition coefficient (Wildman–Crippen LogP) is -1.59. The number of hydrogen-bond donors (Lipinski definition) is 3. The van der Waals surface area contributed by atoms with Gasteiger partial charge in [0.15, 0.2) is 0 Å². The van der Waals surface area contributed by atoms with Crippen LogP contribution in [0.4, 0.5) is 0 Å². The van der Waals surface area contributed by atoms with E-state index in [0.29, 0.717) is 0 Å². The Labute approximate surface area is 59.1 Å². The third kappa shape index (κ3) is 3.06. The Morgan fingerprint density at radius 1 is 1.20 bits per heavy atom. The molecule has 0 heterocycles. The maximum Gasteiger partial charge on any atom is 0.132 e. The minimum Gasteiger partial charge on any atom is -0.302 e. The summed E-state index contributed by atoms with van der Waals surface area (Å²) in [7, 11) is 0. The molecule has 0 saturated carbocycles. The zero-order valence-electron chi connectivity index (χ0n) is 5.82. The molecule has 0 aromatic carbocycles. The van der Waals surface area contributed by atoms with E-state index in [1.165, 1.54) is 0 Å². The van der Waals surface area contributed by atoms with Crippen molar-refractivity contribution in [2.75, 3.05) is 6.61 Å². The second kappa shape index (κ2) is 5.54. The summed E-state index contributed by atoms with van der Waals surface area (Å²) in [5, 5.41) is 0. The molecule has 6 nitrogen and oxygen atoms in total. The summed E-state index contributed by atoms with van der Waals surface area (Å²) in [5.74, 6) is 14.5. The summed E-state index contributed by atoms with van der Waals surface area (Å²) < 4.78 is 0. The van der Waals surface area contributed by atoms with Gasteiger partial charge in [-0.3, -0.25) is 9.68 Å². The van der Waals surface area contributed by atoms with Crippen molar-refractivity contribution >= 4 is 0 Å². The quantitative estimate of drug-likeness (QED) is 0.409. The van der Waals surface area contributed by atoms with E-state index in [2.05, 4.69) is 14.5 Å². The van der Waals surface area contributed by atoms with E-state index in [9.17, 15) is 0 Å². The van der Waals surface area contributed by atoms with Gasteiger partial charge < -0.3 is 4.84 Å². The fraction of sp³-hybridized carbons (Fsp3) is 1.00. The van der Waals surface area contributed by atoms with E-state index in [1.54, 1.807) is 6.92 Å². The minimum absolute atomic E-state index is 0.148. The van der Waals surface area contributed by atoms with Crippen LogP contribution >= 0.6 is 0 Å². The molecule has 6 N–H and O–H groups in total. The predicted molar refractivity (Wildman–Crippen MR) is 33.9 cm³/mol. The molecule has 2 atom stereocenters. The lowest BCUT2D eigenvalue weighted by Crippen LogP contribution is -2.37. The zero-order valence-corrected chi connectivity index (χ0v) is 5.82. The van der Waals surface area contributed by atoms with Crippen LogP contribution in [0, 0.1) is 0 Å². The Balaban J connectivity index is 3.56. The van der Waals surface area contributed by atoms with Gasteiger partial charge in [-0.1, -0.05) is 0 Å². The van der Waals surface area contributed by atoms with E-state index in [-0.39, 0.29) is 12.7 Å². The third-order valence-electron chi connectivity index (χ3n) is 1.17. The van der Waals surface area contributed by atoms with Gasteiger partial charge in [0.25, 0.3) is 0 Å². The molecular weight excluding hydrogens is 138 g/mol. The maximum atomic E-state index is 4.86. The van der Waals surface area contributed by atoms with Crippen LogP contribution in [0.5, 0.6) is 0 Å². The molecule has 2 unspecified atom stereocenters. The highest BCUT2D eigenvalue weighted by molar-refractivity contribution is 4.62. The van der Waals surface area contributed by atoms with Crippen LogP contribution in [0.3, 0.4) is 0 Å². The standard InChI is InChI=1S/C4H13N3O3/c1-3(9-6)4(10-7)2-8-5/h3-4H,2,5-7H2,1H3. The van der Waals surface area contributed by atoms with Crippen molar-refractivity contribution in [1.29, 1.82) is 0 Å². The average molecular weight is 151 g/mol. The lowest BCUT2D eigenvalue weighted by molar-refractivity contribution is -0.101. The summed E-state index contributed by atoms with van der Waals surface area (Å²) in [6.45, 7) is 1.84. The molecule has 0 spiro atoms. The molecule has 0 bridgehead atoms. The normalized spacial score (nSPS) is 16.8. The van der Waals surface area contributed by atoms with Crippen molar-refractivity contribution in [2.45, 2.75) is 19.1 Å². The lowest BCUT2D eigenvalue weighted by atomic mass is 10.2. The van der Waals surface area contributed by atoms with Crippen molar-refractivity contribution in [3.05, 3.63) is 0 Å². The van der Waals surface area contributed by atoms with Crippen LogP contribution in [-0.4, -0.2) is 18.8 Å². The number of rotatable bonds is 5. The van der Waals surface area contributed by atoms with Crippen molar-refractivity contribution in [1.82, 2.24) is 0 Å². The fourth-order valence-corrected chi connectivity index (χ4v) is 0.468. The fourth-order valence-electron chi connectivity index (χ4n) is 0.468.